The van der Waals surface area contributed by atoms with E-state index in [-0.39, 0.29) is 18.7 Å². The fourth-order valence-electron chi connectivity index (χ4n) is 1.50. The number of carbonyl (C=O) groups is 2. The standard InChI is InChI=1S/C9H16N2O4/c1-6(7-3-2-4-15-7)11-9(14)10-5-8(12)13/h6-7H,2-5H2,1H3,(H,12,13)(H2,10,11,14). The van der Waals surface area contributed by atoms with Crippen molar-refractivity contribution in [3.63, 3.8) is 0 Å². The molecular formula is C9H16N2O4. The molecule has 0 aliphatic carbocycles. The van der Waals surface area contributed by atoms with Crippen molar-refractivity contribution >= 4 is 12.0 Å². The largest absolute Gasteiger partial charge is 0.480 e. The summed E-state index contributed by atoms with van der Waals surface area (Å²) in [6.07, 6.45) is 1.98. The van der Waals surface area contributed by atoms with Gasteiger partial charge in [-0.05, 0) is 19.8 Å². The van der Waals surface area contributed by atoms with E-state index in [1.807, 2.05) is 6.92 Å². The van der Waals surface area contributed by atoms with Gasteiger partial charge in [-0.25, -0.2) is 4.79 Å². The van der Waals surface area contributed by atoms with Crippen LogP contribution in [0.25, 0.3) is 0 Å². The third-order valence-corrected chi connectivity index (χ3v) is 2.28. The fourth-order valence-corrected chi connectivity index (χ4v) is 1.50. The molecule has 0 saturated carbocycles. The summed E-state index contributed by atoms with van der Waals surface area (Å²) in [5, 5.41) is 13.2. The summed E-state index contributed by atoms with van der Waals surface area (Å²) >= 11 is 0. The zero-order valence-electron chi connectivity index (χ0n) is 8.66. The summed E-state index contributed by atoms with van der Waals surface area (Å²) in [5.41, 5.74) is 0. The molecule has 6 heteroatoms. The number of ether oxygens (including phenoxy) is 1. The number of carboxylic acid groups (broad SMARTS) is 1. The van der Waals surface area contributed by atoms with Crippen molar-refractivity contribution in [3.05, 3.63) is 0 Å². The van der Waals surface area contributed by atoms with Crippen LogP contribution in [0.4, 0.5) is 4.79 Å². The maximum absolute atomic E-state index is 11.2. The third kappa shape index (κ3) is 4.16. The van der Waals surface area contributed by atoms with Gasteiger partial charge in [0.05, 0.1) is 12.1 Å². The molecule has 0 aromatic heterocycles. The molecule has 0 bridgehead atoms. The van der Waals surface area contributed by atoms with Crippen molar-refractivity contribution in [3.8, 4) is 0 Å². The van der Waals surface area contributed by atoms with Crippen LogP contribution in [0, 0.1) is 0 Å². The average Bonchev–Trinajstić information content (AvgIpc) is 2.67. The van der Waals surface area contributed by atoms with Gasteiger partial charge in [0.15, 0.2) is 0 Å². The van der Waals surface area contributed by atoms with E-state index in [0.29, 0.717) is 0 Å². The van der Waals surface area contributed by atoms with Crippen molar-refractivity contribution in [2.45, 2.75) is 31.9 Å². The number of rotatable bonds is 4. The first-order chi connectivity index (χ1) is 7.09. The number of aliphatic carboxylic acids is 1. The molecule has 2 amide bonds. The van der Waals surface area contributed by atoms with Crippen LogP contribution in [0.3, 0.4) is 0 Å². The number of amides is 2. The molecular weight excluding hydrogens is 200 g/mol. The summed E-state index contributed by atoms with van der Waals surface area (Å²) in [4.78, 5) is 21.4. The second-order valence-corrected chi connectivity index (χ2v) is 3.56. The summed E-state index contributed by atoms with van der Waals surface area (Å²) in [7, 11) is 0. The zero-order valence-corrected chi connectivity index (χ0v) is 8.66. The number of nitrogens with one attached hydrogen (secondary N) is 2. The molecule has 1 saturated heterocycles. The highest BCUT2D eigenvalue weighted by molar-refractivity contribution is 5.79. The average molecular weight is 216 g/mol. The van der Waals surface area contributed by atoms with Crippen LogP contribution in [0.1, 0.15) is 19.8 Å². The van der Waals surface area contributed by atoms with Crippen molar-refractivity contribution in [1.29, 1.82) is 0 Å². The Balaban J connectivity index is 2.21. The van der Waals surface area contributed by atoms with Crippen LogP contribution in [0.2, 0.25) is 0 Å². The summed E-state index contributed by atoms with van der Waals surface area (Å²) in [6, 6.07) is -0.568. The van der Waals surface area contributed by atoms with E-state index in [4.69, 9.17) is 9.84 Å². The summed E-state index contributed by atoms with van der Waals surface area (Å²) in [5.74, 6) is -1.06. The highest BCUT2D eigenvalue weighted by Gasteiger charge is 2.23. The van der Waals surface area contributed by atoms with E-state index in [9.17, 15) is 9.59 Å². The second kappa shape index (κ2) is 5.55. The van der Waals surface area contributed by atoms with E-state index < -0.39 is 12.0 Å². The topological polar surface area (TPSA) is 87.7 Å². The van der Waals surface area contributed by atoms with Gasteiger partial charge in [-0.15, -0.1) is 0 Å². The van der Waals surface area contributed by atoms with Crippen LogP contribution in [0.15, 0.2) is 0 Å². The first kappa shape index (κ1) is 11.8. The molecule has 0 radical (unpaired) electrons. The SMILES string of the molecule is CC(NC(=O)NCC(=O)O)C1CCCO1. The molecule has 0 aromatic rings. The molecule has 3 N–H and O–H groups in total. The lowest BCUT2D eigenvalue weighted by Gasteiger charge is -2.19. The minimum Gasteiger partial charge on any atom is -0.480 e. The molecule has 1 aliphatic heterocycles. The van der Waals surface area contributed by atoms with Crippen molar-refractivity contribution < 1.29 is 19.4 Å². The highest BCUT2D eigenvalue weighted by Crippen LogP contribution is 2.14. The summed E-state index contributed by atoms with van der Waals surface area (Å²) < 4.78 is 5.38. The number of hydrogen-bond donors (Lipinski definition) is 3. The van der Waals surface area contributed by atoms with E-state index in [1.165, 1.54) is 0 Å². The number of hydrogen-bond acceptors (Lipinski definition) is 3. The molecule has 2 unspecified atom stereocenters. The van der Waals surface area contributed by atoms with Gasteiger partial charge in [-0.3, -0.25) is 4.79 Å². The molecule has 15 heavy (non-hydrogen) atoms. The van der Waals surface area contributed by atoms with Crippen LogP contribution >= 0.6 is 0 Å². The molecule has 1 rings (SSSR count). The van der Waals surface area contributed by atoms with Gasteiger partial charge in [0.2, 0.25) is 0 Å². The lowest BCUT2D eigenvalue weighted by atomic mass is 10.1. The second-order valence-electron chi connectivity index (χ2n) is 3.56. The molecule has 1 fully saturated rings. The Kier molecular flexibility index (Phi) is 4.36. The lowest BCUT2D eigenvalue weighted by Crippen LogP contribution is -2.47. The van der Waals surface area contributed by atoms with Gasteiger partial charge in [-0.2, -0.15) is 0 Å². The monoisotopic (exact) mass is 216 g/mol. The number of carbonyl (C=O) groups excluding carboxylic acids is 1. The minimum absolute atomic E-state index is 0.0422. The Hall–Kier alpha value is -1.30. The zero-order chi connectivity index (χ0) is 11.3. The Morgan fingerprint density at radius 1 is 1.60 bits per heavy atom. The van der Waals surface area contributed by atoms with Gasteiger partial charge in [0.1, 0.15) is 6.54 Å². The fraction of sp³-hybridized carbons (Fsp3) is 0.778. The maximum Gasteiger partial charge on any atom is 0.323 e. The maximum atomic E-state index is 11.2. The van der Waals surface area contributed by atoms with Crippen LogP contribution in [-0.2, 0) is 9.53 Å². The van der Waals surface area contributed by atoms with Gasteiger partial charge in [0, 0.05) is 6.61 Å². The quantitative estimate of drug-likeness (QED) is 0.614. The van der Waals surface area contributed by atoms with E-state index in [1.54, 1.807) is 0 Å². The molecule has 0 aromatic carbocycles. The number of urea groups is 1. The first-order valence-electron chi connectivity index (χ1n) is 4.97. The van der Waals surface area contributed by atoms with Crippen molar-refractivity contribution in [2.75, 3.05) is 13.2 Å². The van der Waals surface area contributed by atoms with Gasteiger partial charge in [-0.1, -0.05) is 0 Å². The van der Waals surface area contributed by atoms with Crippen molar-refractivity contribution in [2.24, 2.45) is 0 Å². The van der Waals surface area contributed by atoms with E-state index >= 15 is 0 Å². The Bertz CT molecular complexity index is 238. The third-order valence-electron chi connectivity index (χ3n) is 2.28. The molecule has 1 heterocycles. The predicted octanol–water partition coefficient (Wildman–Crippen LogP) is -0.0623. The minimum atomic E-state index is -1.06. The van der Waals surface area contributed by atoms with Gasteiger partial charge >= 0.3 is 12.0 Å². The molecule has 2 atom stereocenters. The smallest absolute Gasteiger partial charge is 0.323 e. The predicted molar refractivity (Wildman–Crippen MR) is 52.6 cm³/mol. The molecule has 1 aliphatic rings. The van der Waals surface area contributed by atoms with E-state index in [0.717, 1.165) is 19.4 Å². The highest BCUT2D eigenvalue weighted by atomic mass is 16.5. The summed E-state index contributed by atoms with van der Waals surface area (Å²) in [6.45, 7) is 2.20. The van der Waals surface area contributed by atoms with Crippen LogP contribution in [0.5, 0.6) is 0 Å². The lowest BCUT2D eigenvalue weighted by molar-refractivity contribution is -0.135. The van der Waals surface area contributed by atoms with E-state index in [2.05, 4.69) is 10.6 Å². The van der Waals surface area contributed by atoms with Gasteiger partial charge in [0.25, 0.3) is 0 Å². The molecule has 6 nitrogen and oxygen atoms in total. The first-order valence-corrected chi connectivity index (χ1v) is 4.97. The van der Waals surface area contributed by atoms with Crippen LogP contribution in [-0.4, -0.2) is 42.4 Å². The molecule has 0 spiro atoms. The van der Waals surface area contributed by atoms with Gasteiger partial charge < -0.3 is 20.5 Å². The van der Waals surface area contributed by atoms with Crippen LogP contribution < -0.4 is 10.6 Å². The Morgan fingerprint density at radius 2 is 2.33 bits per heavy atom. The molecule has 86 valence electrons. The Labute approximate surface area is 88.0 Å². The normalized spacial score (nSPS) is 22.1. The Morgan fingerprint density at radius 3 is 2.87 bits per heavy atom. The number of carboxylic acids is 1. The van der Waals surface area contributed by atoms with Crippen molar-refractivity contribution in [1.82, 2.24) is 10.6 Å².